The van der Waals surface area contributed by atoms with Gasteiger partial charge in [0.2, 0.25) is 0 Å². The van der Waals surface area contributed by atoms with Gasteiger partial charge in [-0.1, -0.05) is 6.92 Å². The Morgan fingerprint density at radius 3 is 2.36 bits per heavy atom. The molecule has 0 aromatic rings. The Morgan fingerprint density at radius 2 is 1.86 bits per heavy atom. The molecule has 2 heteroatoms. The van der Waals surface area contributed by atoms with Crippen LogP contribution in [0.3, 0.4) is 0 Å². The fraction of sp³-hybridized carbons (Fsp3) is 1.00. The minimum Gasteiger partial charge on any atom is -0.303 e. The molecule has 2 heterocycles. The molecule has 2 aliphatic rings. The number of hydrogen-bond acceptors (Lipinski definition) is 2. The van der Waals surface area contributed by atoms with Gasteiger partial charge in [0.25, 0.3) is 0 Å². The van der Waals surface area contributed by atoms with E-state index in [2.05, 4.69) is 30.6 Å². The molecular formula is C12H24N2. The molecule has 2 nitrogen and oxygen atoms in total. The maximum absolute atomic E-state index is 2.60. The summed E-state index contributed by atoms with van der Waals surface area (Å²) in [4.78, 5) is 5.20. The van der Waals surface area contributed by atoms with E-state index in [-0.39, 0.29) is 0 Å². The maximum Gasteiger partial charge on any atom is 0.00388 e. The third-order valence-electron chi connectivity index (χ3n) is 4.09. The Labute approximate surface area is 88.3 Å². The van der Waals surface area contributed by atoms with Gasteiger partial charge in [-0.25, -0.2) is 0 Å². The molecule has 0 amide bonds. The van der Waals surface area contributed by atoms with Gasteiger partial charge in [-0.05, 0) is 45.2 Å². The van der Waals surface area contributed by atoms with Crippen molar-refractivity contribution in [3.05, 3.63) is 0 Å². The highest BCUT2D eigenvalue weighted by atomic mass is 15.2. The van der Waals surface area contributed by atoms with Gasteiger partial charge in [-0.15, -0.1) is 0 Å². The van der Waals surface area contributed by atoms with Crippen LogP contribution in [-0.2, 0) is 0 Å². The Bertz CT molecular complexity index is 185. The van der Waals surface area contributed by atoms with E-state index < -0.39 is 0 Å². The van der Waals surface area contributed by atoms with Crippen LogP contribution in [0.4, 0.5) is 0 Å². The molecule has 82 valence electrons. The smallest absolute Gasteiger partial charge is 0.00388 e. The highest BCUT2D eigenvalue weighted by molar-refractivity contribution is 4.90. The predicted octanol–water partition coefficient (Wildman–Crippen LogP) is 1.67. The zero-order valence-electron chi connectivity index (χ0n) is 9.87. The lowest BCUT2D eigenvalue weighted by atomic mass is 9.84. The van der Waals surface area contributed by atoms with Gasteiger partial charge >= 0.3 is 0 Å². The van der Waals surface area contributed by atoms with E-state index in [1.807, 2.05) is 0 Å². The number of rotatable bonds is 3. The fourth-order valence-corrected chi connectivity index (χ4v) is 2.80. The lowest BCUT2D eigenvalue weighted by molar-refractivity contribution is 0.0335. The van der Waals surface area contributed by atoms with Crippen LogP contribution in [0.15, 0.2) is 0 Å². The number of nitrogens with zero attached hydrogens (tertiary/aromatic N) is 2. The molecule has 0 aliphatic carbocycles. The minimum absolute atomic E-state index is 0.759. The van der Waals surface area contributed by atoms with Crippen LogP contribution in [0.1, 0.15) is 27.2 Å². The Morgan fingerprint density at radius 1 is 1.14 bits per heavy atom. The van der Waals surface area contributed by atoms with Crippen molar-refractivity contribution in [3.8, 4) is 0 Å². The summed E-state index contributed by atoms with van der Waals surface area (Å²) < 4.78 is 0. The van der Waals surface area contributed by atoms with Crippen molar-refractivity contribution in [2.45, 2.75) is 33.2 Å². The zero-order chi connectivity index (χ0) is 10.1. The summed E-state index contributed by atoms with van der Waals surface area (Å²) >= 11 is 0. The lowest BCUT2D eigenvalue weighted by Crippen LogP contribution is -2.53. The molecule has 1 atom stereocenters. The van der Waals surface area contributed by atoms with Crippen LogP contribution >= 0.6 is 0 Å². The van der Waals surface area contributed by atoms with Crippen LogP contribution in [0.2, 0.25) is 0 Å². The summed E-state index contributed by atoms with van der Waals surface area (Å²) in [6, 6.07) is 0.759. The molecule has 0 bridgehead atoms. The second-order valence-electron chi connectivity index (χ2n) is 5.25. The highest BCUT2D eigenvalue weighted by Crippen LogP contribution is 2.31. The summed E-state index contributed by atoms with van der Waals surface area (Å²) in [6.45, 7) is 13.6. The SMILES string of the molecule is CCN1CCC(C2CN(C(C)C)C2)C1. The molecule has 14 heavy (non-hydrogen) atoms. The van der Waals surface area contributed by atoms with Gasteiger partial charge in [-0.3, -0.25) is 0 Å². The van der Waals surface area contributed by atoms with Crippen LogP contribution < -0.4 is 0 Å². The first-order chi connectivity index (χ1) is 6.70. The molecule has 2 saturated heterocycles. The first kappa shape index (κ1) is 10.4. The average molecular weight is 196 g/mol. The van der Waals surface area contributed by atoms with Gasteiger partial charge < -0.3 is 9.80 Å². The topological polar surface area (TPSA) is 6.48 Å². The second kappa shape index (κ2) is 4.19. The normalized spacial score (nSPS) is 31.3. The van der Waals surface area contributed by atoms with Crippen molar-refractivity contribution in [2.75, 3.05) is 32.7 Å². The second-order valence-corrected chi connectivity index (χ2v) is 5.25. The van der Waals surface area contributed by atoms with Crippen LogP contribution in [0, 0.1) is 11.8 Å². The summed E-state index contributed by atoms with van der Waals surface area (Å²) in [6.07, 6.45) is 1.45. The summed E-state index contributed by atoms with van der Waals surface area (Å²) in [7, 11) is 0. The first-order valence-corrected chi connectivity index (χ1v) is 6.17. The van der Waals surface area contributed by atoms with Gasteiger partial charge in [-0.2, -0.15) is 0 Å². The Kier molecular flexibility index (Phi) is 3.13. The van der Waals surface area contributed by atoms with Crippen molar-refractivity contribution in [3.63, 3.8) is 0 Å². The Balaban J connectivity index is 1.73. The third kappa shape index (κ3) is 1.96. The van der Waals surface area contributed by atoms with E-state index in [0.717, 1.165) is 17.9 Å². The first-order valence-electron chi connectivity index (χ1n) is 6.17. The monoisotopic (exact) mass is 196 g/mol. The van der Waals surface area contributed by atoms with E-state index in [1.165, 1.54) is 39.1 Å². The highest BCUT2D eigenvalue weighted by Gasteiger charge is 2.37. The van der Waals surface area contributed by atoms with E-state index in [1.54, 1.807) is 0 Å². The van der Waals surface area contributed by atoms with E-state index in [9.17, 15) is 0 Å². The third-order valence-corrected chi connectivity index (χ3v) is 4.09. The van der Waals surface area contributed by atoms with Crippen molar-refractivity contribution >= 4 is 0 Å². The summed E-state index contributed by atoms with van der Waals surface area (Å²) in [5.41, 5.74) is 0. The van der Waals surface area contributed by atoms with Crippen LogP contribution in [0.5, 0.6) is 0 Å². The van der Waals surface area contributed by atoms with Crippen molar-refractivity contribution in [2.24, 2.45) is 11.8 Å². The fourth-order valence-electron chi connectivity index (χ4n) is 2.80. The minimum atomic E-state index is 0.759. The Hall–Kier alpha value is -0.0800. The van der Waals surface area contributed by atoms with Gasteiger partial charge in [0.05, 0.1) is 0 Å². The van der Waals surface area contributed by atoms with E-state index in [0.29, 0.717) is 0 Å². The largest absolute Gasteiger partial charge is 0.303 e. The molecule has 2 fully saturated rings. The molecule has 2 rings (SSSR count). The quantitative estimate of drug-likeness (QED) is 0.677. The molecule has 0 aromatic heterocycles. The number of hydrogen-bond donors (Lipinski definition) is 0. The van der Waals surface area contributed by atoms with Crippen molar-refractivity contribution in [1.82, 2.24) is 9.80 Å². The van der Waals surface area contributed by atoms with Gasteiger partial charge in [0.1, 0.15) is 0 Å². The van der Waals surface area contributed by atoms with Crippen LogP contribution in [0.25, 0.3) is 0 Å². The summed E-state index contributed by atoms with van der Waals surface area (Å²) in [5, 5.41) is 0. The standard InChI is InChI=1S/C12H24N2/c1-4-13-6-5-11(7-13)12-8-14(9-12)10(2)3/h10-12H,4-9H2,1-3H3. The molecule has 2 aliphatic heterocycles. The average Bonchev–Trinajstić information content (AvgIpc) is 2.49. The van der Waals surface area contributed by atoms with Gasteiger partial charge in [0, 0.05) is 25.7 Å². The van der Waals surface area contributed by atoms with Crippen molar-refractivity contribution < 1.29 is 0 Å². The maximum atomic E-state index is 2.60. The molecule has 0 N–H and O–H groups in total. The molecule has 0 saturated carbocycles. The number of likely N-dealkylation sites (tertiary alicyclic amines) is 2. The van der Waals surface area contributed by atoms with E-state index in [4.69, 9.17) is 0 Å². The van der Waals surface area contributed by atoms with Crippen molar-refractivity contribution in [1.29, 1.82) is 0 Å². The molecule has 0 spiro atoms. The zero-order valence-corrected chi connectivity index (χ0v) is 9.87. The molecule has 0 radical (unpaired) electrons. The predicted molar refractivity (Wildman–Crippen MR) is 60.4 cm³/mol. The molecule has 0 aromatic carbocycles. The summed E-state index contributed by atoms with van der Waals surface area (Å²) in [5.74, 6) is 2.01. The molecular weight excluding hydrogens is 172 g/mol. The van der Waals surface area contributed by atoms with Gasteiger partial charge in [0.15, 0.2) is 0 Å². The lowest BCUT2D eigenvalue weighted by Gasteiger charge is -2.45. The van der Waals surface area contributed by atoms with Crippen LogP contribution in [-0.4, -0.2) is 48.6 Å². The van der Waals surface area contributed by atoms with E-state index >= 15 is 0 Å². The molecule has 1 unspecified atom stereocenters.